The molecule has 3 heteroatoms. The zero-order valence-corrected chi connectivity index (χ0v) is 12.6. The summed E-state index contributed by atoms with van der Waals surface area (Å²) in [5.74, 6) is 0.903. The quantitative estimate of drug-likeness (QED) is 0.856. The smallest absolute Gasteiger partial charge is 0.138 e. The van der Waals surface area contributed by atoms with Crippen LogP contribution in [0.2, 0.25) is 0 Å². The molecule has 0 unspecified atom stereocenters. The lowest BCUT2D eigenvalue weighted by Gasteiger charge is -2.22. The second-order valence-electron chi connectivity index (χ2n) is 5.66. The highest BCUT2D eigenvalue weighted by atomic mass is 16.5. The molecule has 0 saturated heterocycles. The van der Waals surface area contributed by atoms with Gasteiger partial charge in [-0.2, -0.15) is 0 Å². The van der Waals surface area contributed by atoms with Gasteiger partial charge in [-0.1, -0.05) is 18.6 Å². The molecule has 0 spiro atoms. The SMILES string of the molecule is CN[C@H](C)CC=Cc1cncc(OC2CCCCC2)c1. The predicted molar refractivity (Wildman–Crippen MR) is 83.9 cm³/mol. The number of ether oxygens (including phenoxy) is 1. The summed E-state index contributed by atoms with van der Waals surface area (Å²) in [5, 5.41) is 3.23. The summed E-state index contributed by atoms with van der Waals surface area (Å²) in [6.07, 6.45) is 15.7. The molecule has 1 aromatic heterocycles. The van der Waals surface area contributed by atoms with E-state index in [0.29, 0.717) is 12.1 Å². The number of aromatic nitrogens is 1. The number of nitrogens with zero attached hydrogens (tertiary/aromatic N) is 1. The van der Waals surface area contributed by atoms with Crippen LogP contribution in [0.4, 0.5) is 0 Å². The summed E-state index contributed by atoms with van der Waals surface area (Å²) in [7, 11) is 1.98. The summed E-state index contributed by atoms with van der Waals surface area (Å²) in [5.41, 5.74) is 1.11. The number of hydrogen-bond donors (Lipinski definition) is 1. The minimum atomic E-state index is 0.383. The highest BCUT2D eigenvalue weighted by Gasteiger charge is 2.14. The minimum Gasteiger partial charge on any atom is -0.489 e. The van der Waals surface area contributed by atoms with Crippen LogP contribution in [-0.4, -0.2) is 24.2 Å². The molecular formula is C17H26N2O. The van der Waals surface area contributed by atoms with Gasteiger partial charge in [-0.05, 0) is 57.7 Å². The van der Waals surface area contributed by atoms with E-state index in [1.54, 1.807) is 0 Å². The van der Waals surface area contributed by atoms with Crippen LogP contribution < -0.4 is 10.1 Å². The van der Waals surface area contributed by atoms with Crippen molar-refractivity contribution >= 4 is 6.08 Å². The topological polar surface area (TPSA) is 34.2 Å². The molecule has 1 aliphatic rings. The van der Waals surface area contributed by atoms with Crippen LogP contribution in [0.25, 0.3) is 6.08 Å². The predicted octanol–water partition coefficient (Wildman–Crippen LogP) is 3.80. The van der Waals surface area contributed by atoms with Crippen molar-refractivity contribution in [3.8, 4) is 5.75 Å². The van der Waals surface area contributed by atoms with E-state index in [4.69, 9.17) is 4.74 Å². The van der Waals surface area contributed by atoms with Crippen molar-refractivity contribution in [1.29, 1.82) is 0 Å². The van der Waals surface area contributed by atoms with Gasteiger partial charge >= 0.3 is 0 Å². The van der Waals surface area contributed by atoms with Gasteiger partial charge in [0.05, 0.1) is 12.3 Å². The van der Waals surface area contributed by atoms with Gasteiger partial charge in [0, 0.05) is 12.2 Å². The Hall–Kier alpha value is -1.35. The Bertz CT molecular complexity index is 425. The second kappa shape index (κ2) is 8.05. The van der Waals surface area contributed by atoms with E-state index in [9.17, 15) is 0 Å². The first-order valence-corrected chi connectivity index (χ1v) is 7.73. The summed E-state index contributed by atoms with van der Waals surface area (Å²) in [4.78, 5) is 4.28. The van der Waals surface area contributed by atoms with Crippen LogP contribution in [0.5, 0.6) is 5.75 Å². The minimum absolute atomic E-state index is 0.383. The summed E-state index contributed by atoms with van der Waals surface area (Å²) in [6.45, 7) is 2.17. The Morgan fingerprint density at radius 3 is 2.90 bits per heavy atom. The molecule has 1 N–H and O–H groups in total. The first kappa shape index (κ1) is 15.0. The number of rotatable bonds is 6. The molecule has 3 nitrogen and oxygen atoms in total. The average Bonchev–Trinajstić information content (AvgIpc) is 2.48. The van der Waals surface area contributed by atoms with E-state index in [0.717, 1.165) is 17.7 Å². The molecule has 0 bridgehead atoms. The van der Waals surface area contributed by atoms with Crippen LogP contribution in [0.15, 0.2) is 24.5 Å². The van der Waals surface area contributed by atoms with Gasteiger partial charge in [-0.15, -0.1) is 0 Å². The molecule has 0 aliphatic heterocycles. The van der Waals surface area contributed by atoms with E-state index in [2.05, 4.69) is 35.4 Å². The Kier molecular flexibility index (Phi) is 6.06. The maximum atomic E-state index is 6.04. The maximum Gasteiger partial charge on any atom is 0.138 e. The average molecular weight is 274 g/mol. The van der Waals surface area contributed by atoms with Crippen molar-refractivity contribution in [2.45, 2.75) is 57.6 Å². The van der Waals surface area contributed by atoms with Crippen molar-refractivity contribution in [1.82, 2.24) is 10.3 Å². The normalized spacial score (nSPS) is 18.3. The Balaban J connectivity index is 1.89. The van der Waals surface area contributed by atoms with Crippen LogP contribution in [0.1, 0.15) is 51.0 Å². The van der Waals surface area contributed by atoms with E-state index < -0.39 is 0 Å². The molecule has 0 aromatic carbocycles. The molecule has 1 saturated carbocycles. The van der Waals surface area contributed by atoms with Gasteiger partial charge in [0.25, 0.3) is 0 Å². The highest BCUT2D eigenvalue weighted by molar-refractivity contribution is 5.49. The Morgan fingerprint density at radius 1 is 1.35 bits per heavy atom. The molecule has 20 heavy (non-hydrogen) atoms. The highest BCUT2D eigenvalue weighted by Crippen LogP contribution is 2.23. The van der Waals surface area contributed by atoms with Gasteiger partial charge in [0.1, 0.15) is 5.75 Å². The first-order chi connectivity index (χ1) is 9.78. The molecular weight excluding hydrogens is 248 g/mol. The monoisotopic (exact) mass is 274 g/mol. The largest absolute Gasteiger partial charge is 0.489 e. The molecule has 0 amide bonds. The van der Waals surface area contributed by atoms with E-state index in [1.807, 2.05) is 19.4 Å². The van der Waals surface area contributed by atoms with Crippen molar-refractivity contribution < 1.29 is 4.74 Å². The van der Waals surface area contributed by atoms with E-state index in [1.165, 1.54) is 32.1 Å². The van der Waals surface area contributed by atoms with Crippen LogP contribution in [-0.2, 0) is 0 Å². The third kappa shape index (κ3) is 4.97. The second-order valence-corrected chi connectivity index (χ2v) is 5.66. The summed E-state index contributed by atoms with van der Waals surface area (Å²) in [6, 6.07) is 2.59. The first-order valence-electron chi connectivity index (χ1n) is 7.73. The summed E-state index contributed by atoms with van der Waals surface area (Å²) >= 11 is 0. The van der Waals surface area contributed by atoms with Crippen LogP contribution in [0, 0.1) is 0 Å². The fraction of sp³-hybridized carbons (Fsp3) is 0.588. The standard InChI is InChI=1S/C17H26N2O/c1-14(18-2)7-6-8-15-11-17(13-19-12-15)20-16-9-4-3-5-10-16/h6,8,11-14,16,18H,3-5,7,9-10H2,1-2H3/t14-/m1/s1. The van der Waals surface area contributed by atoms with Crippen LogP contribution >= 0.6 is 0 Å². The Morgan fingerprint density at radius 2 is 2.15 bits per heavy atom. The van der Waals surface area contributed by atoms with E-state index in [-0.39, 0.29) is 0 Å². The van der Waals surface area contributed by atoms with Crippen molar-refractivity contribution in [2.75, 3.05) is 7.05 Å². The molecule has 1 heterocycles. The zero-order chi connectivity index (χ0) is 14.2. The lowest BCUT2D eigenvalue weighted by molar-refractivity contribution is 0.154. The van der Waals surface area contributed by atoms with Gasteiger partial charge in [-0.25, -0.2) is 0 Å². The fourth-order valence-corrected chi connectivity index (χ4v) is 2.49. The molecule has 1 fully saturated rings. The number of hydrogen-bond acceptors (Lipinski definition) is 3. The van der Waals surface area contributed by atoms with Crippen molar-refractivity contribution in [2.24, 2.45) is 0 Å². The molecule has 1 aromatic rings. The molecule has 110 valence electrons. The fourth-order valence-electron chi connectivity index (χ4n) is 2.49. The van der Waals surface area contributed by atoms with E-state index >= 15 is 0 Å². The lowest BCUT2D eigenvalue weighted by atomic mass is 9.98. The van der Waals surface area contributed by atoms with Gasteiger partial charge in [0.2, 0.25) is 0 Å². The third-order valence-corrected chi connectivity index (χ3v) is 3.88. The molecule has 1 atom stereocenters. The molecule has 2 rings (SSSR count). The van der Waals surface area contributed by atoms with Gasteiger partial charge in [-0.3, -0.25) is 4.98 Å². The van der Waals surface area contributed by atoms with Crippen molar-refractivity contribution in [3.63, 3.8) is 0 Å². The number of pyridine rings is 1. The summed E-state index contributed by atoms with van der Waals surface area (Å²) < 4.78 is 6.04. The Labute approximate surface area is 122 Å². The van der Waals surface area contributed by atoms with Gasteiger partial charge < -0.3 is 10.1 Å². The third-order valence-electron chi connectivity index (χ3n) is 3.88. The zero-order valence-electron chi connectivity index (χ0n) is 12.6. The van der Waals surface area contributed by atoms with Gasteiger partial charge in [0.15, 0.2) is 0 Å². The number of nitrogens with one attached hydrogen (secondary N) is 1. The van der Waals surface area contributed by atoms with Crippen molar-refractivity contribution in [3.05, 3.63) is 30.1 Å². The molecule has 1 aliphatic carbocycles. The maximum absolute atomic E-state index is 6.04. The lowest BCUT2D eigenvalue weighted by Crippen LogP contribution is -2.19. The van der Waals surface area contributed by atoms with Crippen LogP contribution in [0.3, 0.4) is 0 Å². The molecule has 0 radical (unpaired) electrons.